The number of anilines is 1. The van der Waals surface area contributed by atoms with Crippen molar-refractivity contribution in [2.24, 2.45) is 17.3 Å². The van der Waals surface area contributed by atoms with Crippen LogP contribution in [0.3, 0.4) is 0 Å². The molecule has 2 heterocycles. The van der Waals surface area contributed by atoms with E-state index in [9.17, 15) is 9.59 Å². The number of esters is 1. The third kappa shape index (κ3) is 6.12. The van der Waals surface area contributed by atoms with Crippen LogP contribution in [0, 0.1) is 29.1 Å². The second kappa shape index (κ2) is 10.6. The van der Waals surface area contributed by atoms with Crippen LogP contribution >= 0.6 is 11.3 Å². The number of hydrogen-bond donors (Lipinski definition) is 0. The lowest BCUT2D eigenvalue weighted by atomic mass is 9.78. The van der Waals surface area contributed by atoms with Gasteiger partial charge in [0.2, 0.25) is 5.91 Å². The summed E-state index contributed by atoms with van der Waals surface area (Å²) >= 11 is 1.34. The number of nitrogens with zero attached hydrogens (tertiary/aromatic N) is 1. The first-order valence-electron chi connectivity index (χ1n) is 13.3. The Kier molecular flexibility index (Phi) is 7.98. The van der Waals surface area contributed by atoms with E-state index in [2.05, 4.69) is 39.5 Å². The van der Waals surface area contributed by atoms with E-state index in [0.717, 1.165) is 75.7 Å². The summed E-state index contributed by atoms with van der Waals surface area (Å²) < 4.78 is 11.3. The summed E-state index contributed by atoms with van der Waals surface area (Å²) in [5.41, 5.74) is 0.536. The van der Waals surface area contributed by atoms with E-state index in [0.29, 0.717) is 16.5 Å². The van der Waals surface area contributed by atoms with E-state index >= 15 is 0 Å². The maximum Gasteiger partial charge on any atom is 0.350 e. The summed E-state index contributed by atoms with van der Waals surface area (Å²) in [5, 5.41) is 0. The van der Waals surface area contributed by atoms with Crippen molar-refractivity contribution in [3.63, 3.8) is 0 Å². The minimum Gasteiger partial charge on any atom is -0.465 e. The largest absolute Gasteiger partial charge is 0.465 e. The van der Waals surface area contributed by atoms with Gasteiger partial charge < -0.3 is 14.4 Å². The summed E-state index contributed by atoms with van der Waals surface area (Å²) in [4.78, 5) is 30.3. The molecule has 0 radical (unpaired) electrons. The molecule has 2 aliphatic carbocycles. The fourth-order valence-electron chi connectivity index (χ4n) is 5.85. The van der Waals surface area contributed by atoms with Gasteiger partial charge in [-0.1, -0.05) is 18.8 Å². The Balaban J connectivity index is 1.69. The third-order valence-corrected chi connectivity index (χ3v) is 8.94. The molecular formula is C29H41NO4S. The Morgan fingerprint density at radius 1 is 1.11 bits per heavy atom. The number of methoxy groups -OCH3 is 1. The number of ether oxygens (including phenoxy) is 2. The average Bonchev–Trinajstić information content (AvgIpc) is 3.46. The predicted octanol–water partition coefficient (Wildman–Crippen LogP) is 6.58. The van der Waals surface area contributed by atoms with Gasteiger partial charge in [-0.2, -0.15) is 0 Å². The van der Waals surface area contributed by atoms with Crippen LogP contribution in [-0.2, 0) is 14.3 Å². The van der Waals surface area contributed by atoms with Gasteiger partial charge in [0.05, 0.1) is 23.3 Å². The summed E-state index contributed by atoms with van der Waals surface area (Å²) in [6.45, 7) is 9.32. The SMILES string of the molecule is COC(=O)c1sc(C#CC(C)(C)C)cc1N(C(=O)C1CCC(C)CC1)C1CCC2(CCCO2)CC1. The van der Waals surface area contributed by atoms with Crippen LogP contribution < -0.4 is 4.90 Å². The van der Waals surface area contributed by atoms with Crippen molar-refractivity contribution in [2.75, 3.05) is 18.6 Å². The smallest absolute Gasteiger partial charge is 0.350 e. The molecule has 0 aromatic carbocycles. The first-order chi connectivity index (χ1) is 16.6. The summed E-state index contributed by atoms with van der Waals surface area (Å²) in [6, 6.07) is 2.02. The molecule has 0 unspecified atom stereocenters. The summed E-state index contributed by atoms with van der Waals surface area (Å²) in [7, 11) is 1.41. The molecule has 1 spiro atoms. The van der Waals surface area contributed by atoms with Gasteiger partial charge in [0.1, 0.15) is 4.88 Å². The van der Waals surface area contributed by atoms with E-state index < -0.39 is 5.97 Å². The summed E-state index contributed by atoms with van der Waals surface area (Å²) in [5.74, 6) is 6.99. The quantitative estimate of drug-likeness (QED) is 0.347. The number of thiophene rings is 1. The molecular weight excluding hydrogens is 458 g/mol. The van der Waals surface area contributed by atoms with Crippen LogP contribution in [0.4, 0.5) is 5.69 Å². The fraction of sp³-hybridized carbons (Fsp3) is 0.724. The highest BCUT2D eigenvalue weighted by molar-refractivity contribution is 7.15. The Labute approximate surface area is 214 Å². The molecule has 1 amide bonds. The van der Waals surface area contributed by atoms with E-state index in [1.165, 1.54) is 18.4 Å². The first kappa shape index (κ1) is 26.2. The highest BCUT2D eigenvalue weighted by Crippen LogP contribution is 2.44. The van der Waals surface area contributed by atoms with Gasteiger partial charge >= 0.3 is 5.97 Å². The van der Waals surface area contributed by atoms with Crippen LogP contribution in [0.5, 0.6) is 0 Å². The van der Waals surface area contributed by atoms with Crippen LogP contribution in [0.1, 0.15) is 106 Å². The van der Waals surface area contributed by atoms with E-state index in [1.54, 1.807) is 0 Å². The molecule has 35 heavy (non-hydrogen) atoms. The maximum atomic E-state index is 14.1. The molecule has 3 fully saturated rings. The zero-order chi connectivity index (χ0) is 25.2. The Morgan fingerprint density at radius 2 is 1.80 bits per heavy atom. The topological polar surface area (TPSA) is 55.8 Å². The predicted molar refractivity (Wildman–Crippen MR) is 141 cm³/mol. The fourth-order valence-corrected chi connectivity index (χ4v) is 6.77. The molecule has 2 saturated carbocycles. The van der Waals surface area contributed by atoms with E-state index in [4.69, 9.17) is 9.47 Å². The van der Waals surface area contributed by atoms with Crippen molar-refractivity contribution < 1.29 is 19.1 Å². The molecule has 5 nitrogen and oxygen atoms in total. The van der Waals surface area contributed by atoms with Gasteiger partial charge in [0.25, 0.3) is 0 Å². The number of rotatable bonds is 4. The van der Waals surface area contributed by atoms with Crippen LogP contribution in [0.2, 0.25) is 0 Å². The zero-order valence-electron chi connectivity index (χ0n) is 22.1. The zero-order valence-corrected chi connectivity index (χ0v) is 22.9. The molecule has 1 aromatic heterocycles. The van der Waals surface area contributed by atoms with Gasteiger partial charge in [-0.3, -0.25) is 4.79 Å². The highest BCUT2D eigenvalue weighted by atomic mass is 32.1. The van der Waals surface area contributed by atoms with E-state index in [-0.39, 0.29) is 28.9 Å². The molecule has 3 aliphatic rings. The molecule has 4 rings (SSSR count). The summed E-state index contributed by atoms with van der Waals surface area (Å²) in [6.07, 6.45) is 9.99. The van der Waals surface area contributed by atoms with Gasteiger partial charge in [0.15, 0.2) is 0 Å². The molecule has 192 valence electrons. The molecule has 6 heteroatoms. The van der Waals surface area contributed by atoms with E-state index in [1.807, 2.05) is 11.0 Å². The van der Waals surface area contributed by atoms with Crippen molar-refractivity contribution in [3.8, 4) is 11.8 Å². The van der Waals surface area contributed by atoms with Gasteiger partial charge in [-0.25, -0.2) is 4.79 Å². The standard InChI is InChI=1S/C29H41NO4S/c1-20-7-9-21(10-8-20)26(31)30(22-11-16-29(17-12-22)14-6-18-34-29)24-19-23(13-15-28(2,3)4)35-25(24)27(32)33-5/h19-22H,6-12,14,16-18H2,1-5H3. The minimum atomic E-state index is -0.393. The maximum absolute atomic E-state index is 14.1. The Hall–Kier alpha value is -1.84. The van der Waals surface area contributed by atoms with Crippen LogP contribution in [0.25, 0.3) is 0 Å². The number of carbonyl (C=O) groups excluding carboxylic acids is 2. The van der Waals surface area contributed by atoms with Gasteiger partial charge in [-0.05, 0) is 97.0 Å². The van der Waals surface area contributed by atoms with Crippen molar-refractivity contribution in [2.45, 2.75) is 104 Å². The Bertz CT molecular complexity index is 971. The van der Waals surface area contributed by atoms with Crippen LogP contribution in [0.15, 0.2) is 6.07 Å². The van der Waals surface area contributed by atoms with Crippen molar-refractivity contribution >= 4 is 28.9 Å². The molecule has 1 aliphatic heterocycles. The third-order valence-electron chi connectivity index (χ3n) is 7.92. The lowest BCUT2D eigenvalue weighted by Crippen LogP contribution is -2.49. The van der Waals surface area contributed by atoms with Gasteiger partial charge in [-0.15, -0.1) is 11.3 Å². The lowest BCUT2D eigenvalue weighted by molar-refractivity contribution is -0.124. The molecule has 0 bridgehead atoms. The molecule has 0 atom stereocenters. The molecule has 1 saturated heterocycles. The first-order valence-corrected chi connectivity index (χ1v) is 14.1. The number of hydrogen-bond acceptors (Lipinski definition) is 5. The second-order valence-corrected chi connectivity index (χ2v) is 12.9. The van der Waals surface area contributed by atoms with Gasteiger partial charge in [0, 0.05) is 24.0 Å². The minimum absolute atomic E-state index is 0.00530. The van der Waals surface area contributed by atoms with Crippen LogP contribution in [-0.4, -0.2) is 37.2 Å². The number of amides is 1. The number of carbonyl (C=O) groups is 2. The Morgan fingerprint density at radius 3 is 2.37 bits per heavy atom. The lowest BCUT2D eigenvalue weighted by Gasteiger charge is -2.42. The molecule has 0 N–H and O–H groups in total. The van der Waals surface area contributed by atoms with Crippen molar-refractivity contribution in [3.05, 3.63) is 15.8 Å². The monoisotopic (exact) mass is 499 g/mol. The average molecular weight is 500 g/mol. The molecule has 1 aromatic rings. The van der Waals surface area contributed by atoms with Crippen molar-refractivity contribution in [1.29, 1.82) is 0 Å². The highest BCUT2D eigenvalue weighted by Gasteiger charge is 2.43. The van der Waals surface area contributed by atoms with Crippen molar-refractivity contribution in [1.82, 2.24) is 0 Å². The second-order valence-electron chi connectivity index (χ2n) is 11.8. The normalized spacial score (nSPS) is 28.9.